The highest BCUT2D eigenvalue weighted by Gasteiger charge is 2.22. The molecule has 3 nitrogen and oxygen atoms in total. The molecule has 30 heavy (non-hydrogen) atoms. The smallest absolute Gasteiger partial charge is 0.254 e. The first kappa shape index (κ1) is 24.1. The van der Waals surface area contributed by atoms with E-state index < -0.39 is 0 Å². The second-order valence-corrected chi connectivity index (χ2v) is 9.26. The molecule has 0 aliphatic heterocycles. The fourth-order valence-electron chi connectivity index (χ4n) is 3.79. The molecule has 3 heteroatoms. The Morgan fingerprint density at radius 1 is 0.933 bits per heavy atom. The molecule has 0 heterocycles. The highest BCUT2D eigenvalue weighted by molar-refractivity contribution is 5.94. The molecule has 0 aromatic heterocycles. The molecule has 0 N–H and O–H groups in total. The lowest BCUT2D eigenvalue weighted by atomic mass is 9.86. The Balaban J connectivity index is 2.15. The van der Waals surface area contributed by atoms with Crippen LogP contribution in [-0.2, 0) is 12.0 Å². The van der Waals surface area contributed by atoms with Crippen molar-refractivity contribution in [3.8, 4) is 0 Å². The lowest BCUT2D eigenvalue weighted by molar-refractivity contribution is 0.0662. The fourth-order valence-corrected chi connectivity index (χ4v) is 3.79. The molecule has 2 aromatic carbocycles. The number of rotatable bonds is 10. The standard InChI is InChI=1S/C27H40N2O/c1-7-28(8-2)20-12-13-22(3)29(26(30)24-14-10-9-11-15-24)21-23-16-18-25(19-17-23)27(4,5)6/h9-11,14-19,22H,7-8,12-13,20-21H2,1-6H3. The molecule has 0 spiro atoms. The van der Waals surface area contributed by atoms with Crippen LogP contribution in [-0.4, -0.2) is 41.4 Å². The minimum absolute atomic E-state index is 0.117. The van der Waals surface area contributed by atoms with Crippen LogP contribution in [0.3, 0.4) is 0 Å². The van der Waals surface area contributed by atoms with E-state index in [1.54, 1.807) is 0 Å². The number of amides is 1. The third kappa shape index (κ3) is 6.98. The first-order valence-corrected chi connectivity index (χ1v) is 11.4. The second-order valence-electron chi connectivity index (χ2n) is 9.26. The van der Waals surface area contributed by atoms with E-state index in [9.17, 15) is 4.79 Å². The van der Waals surface area contributed by atoms with Crippen LogP contribution in [0.5, 0.6) is 0 Å². The maximum Gasteiger partial charge on any atom is 0.254 e. The predicted molar refractivity (Wildman–Crippen MR) is 128 cm³/mol. The van der Waals surface area contributed by atoms with Gasteiger partial charge in [-0.3, -0.25) is 4.79 Å². The largest absolute Gasteiger partial charge is 0.332 e. The van der Waals surface area contributed by atoms with Gasteiger partial charge in [-0.05, 0) is 68.1 Å². The van der Waals surface area contributed by atoms with Crippen molar-refractivity contribution < 1.29 is 4.79 Å². The van der Waals surface area contributed by atoms with Gasteiger partial charge >= 0.3 is 0 Å². The van der Waals surface area contributed by atoms with Gasteiger partial charge in [-0.2, -0.15) is 0 Å². The third-order valence-corrected chi connectivity index (χ3v) is 5.98. The van der Waals surface area contributed by atoms with Gasteiger partial charge in [0, 0.05) is 18.2 Å². The van der Waals surface area contributed by atoms with E-state index in [4.69, 9.17) is 0 Å². The monoisotopic (exact) mass is 408 g/mol. The average molecular weight is 409 g/mol. The van der Waals surface area contributed by atoms with Crippen molar-refractivity contribution in [2.75, 3.05) is 19.6 Å². The van der Waals surface area contributed by atoms with Gasteiger partial charge in [0.15, 0.2) is 0 Å². The quantitative estimate of drug-likeness (QED) is 0.471. The van der Waals surface area contributed by atoms with Crippen molar-refractivity contribution >= 4 is 5.91 Å². The summed E-state index contributed by atoms with van der Waals surface area (Å²) < 4.78 is 0. The zero-order valence-electron chi connectivity index (χ0n) is 19.8. The van der Waals surface area contributed by atoms with Crippen LogP contribution in [0.15, 0.2) is 54.6 Å². The lowest BCUT2D eigenvalue weighted by Crippen LogP contribution is -2.38. The summed E-state index contributed by atoms with van der Waals surface area (Å²) in [5, 5.41) is 0. The molecular weight excluding hydrogens is 368 g/mol. The number of hydrogen-bond acceptors (Lipinski definition) is 2. The maximum absolute atomic E-state index is 13.3. The van der Waals surface area contributed by atoms with Gasteiger partial charge in [-0.1, -0.05) is 77.1 Å². The Labute approximate surface area is 184 Å². The van der Waals surface area contributed by atoms with Crippen molar-refractivity contribution in [2.24, 2.45) is 0 Å². The summed E-state index contributed by atoms with van der Waals surface area (Å²) in [4.78, 5) is 17.8. The summed E-state index contributed by atoms with van der Waals surface area (Å²) in [6, 6.07) is 18.6. The van der Waals surface area contributed by atoms with Crippen LogP contribution in [0.4, 0.5) is 0 Å². The number of nitrogens with zero attached hydrogens (tertiary/aromatic N) is 2. The zero-order chi connectivity index (χ0) is 22.1. The van der Waals surface area contributed by atoms with Crippen molar-refractivity contribution in [1.29, 1.82) is 0 Å². The van der Waals surface area contributed by atoms with E-state index in [0.29, 0.717) is 6.54 Å². The maximum atomic E-state index is 13.3. The molecule has 0 bridgehead atoms. The van der Waals surface area contributed by atoms with E-state index in [-0.39, 0.29) is 17.4 Å². The van der Waals surface area contributed by atoms with Crippen LogP contribution in [0.1, 0.15) is 75.9 Å². The van der Waals surface area contributed by atoms with Gasteiger partial charge in [-0.15, -0.1) is 0 Å². The van der Waals surface area contributed by atoms with Crippen LogP contribution in [0.25, 0.3) is 0 Å². The fraction of sp³-hybridized carbons (Fsp3) is 0.519. The van der Waals surface area contributed by atoms with Crippen LogP contribution in [0, 0.1) is 0 Å². The Kier molecular flexibility index (Phi) is 9.10. The minimum Gasteiger partial charge on any atom is -0.332 e. The summed E-state index contributed by atoms with van der Waals surface area (Å²) in [5.41, 5.74) is 3.40. The van der Waals surface area contributed by atoms with Gasteiger partial charge in [0.1, 0.15) is 0 Å². The first-order chi connectivity index (χ1) is 14.3. The highest BCUT2D eigenvalue weighted by Crippen LogP contribution is 2.23. The Bertz CT molecular complexity index is 758. The van der Waals surface area contributed by atoms with Gasteiger partial charge in [0.05, 0.1) is 0 Å². The molecule has 164 valence electrons. The van der Waals surface area contributed by atoms with Gasteiger partial charge in [0.2, 0.25) is 0 Å². The number of benzene rings is 2. The number of carbonyl (C=O) groups excluding carboxylic acids is 1. The SMILES string of the molecule is CCN(CC)CCCC(C)N(Cc1ccc(C(C)(C)C)cc1)C(=O)c1ccccc1. The van der Waals surface area contributed by atoms with Crippen LogP contribution in [0.2, 0.25) is 0 Å². The van der Waals surface area contributed by atoms with Crippen molar-refractivity contribution in [1.82, 2.24) is 9.80 Å². The molecule has 1 amide bonds. The summed E-state index contributed by atoms with van der Waals surface area (Å²) in [6.45, 7) is 17.2. The molecule has 0 aliphatic carbocycles. The van der Waals surface area contributed by atoms with E-state index in [2.05, 4.69) is 70.7 Å². The molecule has 1 unspecified atom stereocenters. The normalized spacial score (nSPS) is 12.8. The molecule has 0 saturated heterocycles. The summed E-state index contributed by atoms with van der Waals surface area (Å²) >= 11 is 0. The van der Waals surface area contributed by atoms with Gasteiger partial charge in [0.25, 0.3) is 5.91 Å². The molecule has 0 aliphatic rings. The summed E-state index contributed by atoms with van der Waals surface area (Å²) in [6.07, 6.45) is 2.11. The van der Waals surface area contributed by atoms with Gasteiger partial charge < -0.3 is 9.80 Å². The highest BCUT2D eigenvalue weighted by atomic mass is 16.2. The Hall–Kier alpha value is -2.13. The Morgan fingerprint density at radius 2 is 1.53 bits per heavy atom. The zero-order valence-corrected chi connectivity index (χ0v) is 19.8. The van der Waals surface area contributed by atoms with E-state index in [0.717, 1.165) is 38.0 Å². The molecule has 2 rings (SSSR count). The number of hydrogen-bond donors (Lipinski definition) is 0. The molecule has 0 saturated carbocycles. The summed E-state index contributed by atoms with van der Waals surface area (Å²) in [7, 11) is 0. The van der Waals surface area contributed by atoms with Crippen molar-refractivity contribution in [3.05, 3.63) is 71.3 Å². The Morgan fingerprint density at radius 3 is 2.07 bits per heavy atom. The number of carbonyl (C=O) groups is 1. The molecular formula is C27H40N2O. The van der Waals surface area contributed by atoms with Crippen LogP contribution < -0.4 is 0 Å². The van der Waals surface area contributed by atoms with E-state index in [1.165, 1.54) is 11.1 Å². The second kappa shape index (κ2) is 11.3. The van der Waals surface area contributed by atoms with Gasteiger partial charge in [-0.25, -0.2) is 0 Å². The molecule has 0 fully saturated rings. The van der Waals surface area contributed by atoms with Crippen molar-refractivity contribution in [2.45, 2.75) is 72.4 Å². The predicted octanol–water partition coefficient (Wildman–Crippen LogP) is 6.14. The third-order valence-electron chi connectivity index (χ3n) is 5.98. The molecule has 2 aromatic rings. The van der Waals surface area contributed by atoms with Crippen LogP contribution >= 0.6 is 0 Å². The van der Waals surface area contributed by atoms with E-state index >= 15 is 0 Å². The lowest BCUT2D eigenvalue weighted by Gasteiger charge is -2.31. The van der Waals surface area contributed by atoms with Crippen molar-refractivity contribution in [3.63, 3.8) is 0 Å². The average Bonchev–Trinajstić information content (AvgIpc) is 2.74. The molecule has 0 radical (unpaired) electrons. The summed E-state index contributed by atoms with van der Waals surface area (Å²) in [5.74, 6) is 0.117. The first-order valence-electron chi connectivity index (χ1n) is 11.4. The van der Waals surface area contributed by atoms with E-state index in [1.807, 2.05) is 35.2 Å². The topological polar surface area (TPSA) is 23.6 Å². The molecule has 1 atom stereocenters. The minimum atomic E-state index is 0.117.